The third-order valence-electron chi connectivity index (χ3n) is 3.45. The minimum atomic E-state index is 0.267. The van der Waals surface area contributed by atoms with Crippen LogP contribution in [0.25, 0.3) is 0 Å². The Morgan fingerprint density at radius 3 is 2.42 bits per heavy atom. The van der Waals surface area contributed by atoms with E-state index in [-0.39, 0.29) is 5.91 Å². The van der Waals surface area contributed by atoms with Gasteiger partial charge in [0.15, 0.2) is 0 Å². The van der Waals surface area contributed by atoms with Crippen LogP contribution in [0.1, 0.15) is 25.8 Å². The van der Waals surface area contributed by atoms with Crippen molar-refractivity contribution in [2.24, 2.45) is 0 Å². The Morgan fingerprint density at radius 1 is 1.26 bits per heavy atom. The molecule has 3 nitrogen and oxygen atoms in total. The van der Waals surface area contributed by atoms with Gasteiger partial charge in [-0.25, -0.2) is 0 Å². The lowest BCUT2D eigenvalue weighted by Crippen LogP contribution is -2.55. The van der Waals surface area contributed by atoms with Crippen molar-refractivity contribution in [1.29, 1.82) is 0 Å². The molecule has 1 amide bonds. The van der Waals surface area contributed by atoms with E-state index in [4.69, 9.17) is 0 Å². The fraction of sp³-hybridized carbons (Fsp3) is 0.533. The molecule has 1 aromatic rings. The van der Waals surface area contributed by atoms with Crippen LogP contribution >= 0.6 is 15.9 Å². The van der Waals surface area contributed by atoms with Gasteiger partial charge in [-0.3, -0.25) is 4.79 Å². The number of aryl methyl sites for hydroxylation is 1. The predicted molar refractivity (Wildman–Crippen MR) is 81.1 cm³/mol. The summed E-state index contributed by atoms with van der Waals surface area (Å²) in [6.45, 7) is 5.91. The topological polar surface area (TPSA) is 32.3 Å². The van der Waals surface area contributed by atoms with Gasteiger partial charge in [-0.15, -0.1) is 0 Å². The number of piperazine rings is 1. The van der Waals surface area contributed by atoms with E-state index in [1.54, 1.807) is 0 Å². The Bertz CT molecular complexity index is 422. The zero-order chi connectivity index (χ0) is 13.8. The number of carbonyl (C=O) groups excluding carboxylic acids is 1. The van der Waals surface area contributed by atoms with Crippen LogP contribution < -0.4 is 5.32 Å². The summed E-state index contributed by atoms with van der Waals surface area (Å²) < 4.78 is 1.08. The average Bonchev–Trinajstić information content (AvgIpc) is 2.36. The largest absolute Gasteiger partial charge is 0.340 e. The SMILES string of the molecule is C[C@@H]1CN(C(=O)CCc2ccc(Br)cc2)C[C@H](C)N1. The van der Waals surface area contributed by atoms with Gasteiger partial charge in [-0.1, -0.05) is 28.1 Å². The Morgan fingerprint density at radius 2 is 1.84 bits per heavy atom. The molecule has 0 saturated carbocycles. The molecular formula is C15H21BrN2O. The molecule has 104 valence electrons. The van der Waals surface area contributed by atoms with Gasteiger partial charge in [0.25, 0.3) is 0 Å². The first kappa shape index (κ1) is 14.5. The van der Waals surface area contributed by atoms with Gasteiger partial charge < -0.3 is 10.2 Å². The number of halogens is 1. The average molecular weight is 325 g/mol. The van der Waals surface area contributed by atoms with E-state index in [9.17, 15) is 4.79 Å². The maximum Gasteiger partial charge on any atom is 0.223 e. The molecule has 1 aliphatic heterocycles. The monoisotopic (exact) mass is 324 g/mol. The molecular weight excluding hydrogens is 304 g/mol. The summed E-state index contributed by atoms with van der Waals surface area (Å²) in [5, 5.41) is 3.44. The molecule has 2 rings (SSSR count). The molecule has 1 aliphatic rings. The van der Waals surface area contributed by atoms with E-state index in [1.807, 2.05) is 17.0 Å². The predicted octanol–water partition coefficient (Wildman–Crippen LogP) is 2.59. The highest BCUT2D eigenvalue weighted by atomic mass is 79.9. The number of rotatable bonds is 3. The van der Waals surface area contributed by atoms with E-state index in [2.05, 4.69) is 47.2 Å². The zero-order valence-electron chi connectivity index (χ0n) is 11.5. The smallest absolute Gasteiger partial charge is 0.223 e. The van der Waals surface area contributed by atoms with E-state index in [0.717, 1.165) is 24.0 Å². The summed E-state index contributed by atoms with van der Waals surface area (Å²) in [6, 6.07) is 8.96. The first-order valence-corrected chi connectivity index (χ1v) is 7.62. The number of hydrogen-bond acceptors (Lipinski definition) is 2. The first-order chi connectivity index (χ1) is 9.04. The fourth-order valence-corrected chi connectivity index (χ4v) is 2.86. The van der Waals surface area contributed by atoms with Crippen LogP contribution in [0.15, 0.2) is 28.7 Å². The highest BCUT2D eigenvalue weighted by Crippen LogP contribution is 2.13. The van der Waals surface area contributed by atoms with Crippen LogP contribution in [0.3, 0.4) is 0 Å². The Balaban J connectivity index is 1.85. The first-order valence-electron chi connectivity index (χ1n) is 6.83. The minimum Gasteiger partial charge on any atom is -0.340 e. The highest BCUT2D eigenvalue weighted by molar-refractivity contribution is 9.10. The van der Waals surface area contributed by atoms with Crippen LogP contribution in [0.5, 0.6) is 0 Å². The highest BCUT2D eigenvalue weighted by Gasteiger charge is 2.24. The summed E-state index contributed by atoms with van der Waals surface area (Å²) in [5.74, 6) is 0.267. The lowest BCUT2D eigenvalue weighted by atomic mass is 10.1. The molecule has 0 radical (unpaired) electrons. The number of benzene rings is 1. The molecule has 1 N–H and O–H groups in total. The van der Waals surface area contributed by atoms with E-state index >= 15 is 0 Å². The molecule has 1 aromatic carbocycles. The van der Waals surface area contributed by atoms with Crippen molar-refractivity contribution in [2.45, 2.75) is 38.8 Å². The van der Waals surface area contributed by atoms with Crippen LogP contribution in [0.2, 0.25) is 0 Å². The summed E-state index contributed by atoms with van der Waals surface area (Å²) in [5.41, 5.74) is 1.22. The second kappa shape index (κ2) is 6.53. The van der Waals surface area contributed by atoms with Crippen LogP contribution in [0.4, 0.5) is 0 Å². The molecule has 0 aromatic heterocycles. The number of amides is 1. The number of nitrogens with zero attached hydrogens (tertiary/aromatic N) is 1. The standard InChI is InChI=1S/C15H21BrN2O/c1-11-9-18(10-12(2)17-11)15(19)8-5-13-3-6-14(16)7-4-13/h3-4,6-7,11-12,17H,5,8-10H2,1-2H3/t11-,12+. The third kappa shape index (κ3) is 4.32. The number of carbonyl (C=O) groups is 1. The van der Waals surface area contributed by atoms with Crippen LogP contribution in [-0.2, 0) is 11.2 Å². The molecule has 2 atom stereocenters. The van der Waals surface area contributed by atoms with Crippen molar-refractivity contribution >= 4 is 21.8 Å². The van der Waals surface area contributed by atoms with Gasteiger partial charge in [0.2, 0.25) is 5.91 Å². The van der Waals surface area contributed by atoms with Crippen molar-refractivity contribution < 1.29 is 4.79 Å². The molecule has 0 spiro atoms. The molecule has 1 saturated heterocycles. The summed E-state index contributed by atoms with van der Waals surface area (Å²) in [4.78, 5) is 14.2. The Kier molecular flexibility index (Phi) is 4.99. The fourth-order valence-electron chi connectivity index (χ4n) is 2.59. The number of nitrogens with one attached hydrogen (secondary N) is 1. The minimum absolute atomic E-state index is 0.267. The molecule has 0 aliphatic carbocycles. The lowest BCUT2D eigenvalue weighted by Gasteiger charge is -2.36. The molecule has 1 fully saturated rings. The van der Waals surface area contributed by atoms with Crippen molar-refractivity contribution in [2.75, 3.05) is 13.1 Å². The van der Waals surface area contributed by atoms with Crippen molar-refractivity contribution in [3.8, 4) is 0 Å². The Labute approximate surface area is 123 Å². The molecule has 1 heterocycles. The zero-order valence-corrected chi connectivity index (χ0v) is 13.1. The Hall–Kier alpha value is -0.870. The maximum absolute atomic E-state index is 12.2. The van der Waals surface area contributed by atoms with Crippen LogP contribution in [0, 0.1) is 0 Å². The second-order valence-electron chi connectivity index (χ2n) is 5.39. The third-order valence-corrected chi connectivity index (χ3v) is 3.98. The van der Waals surface area contributed by atoms with Gasteiger partial charge in [-0.2, -0.15) is 0 Å². The van der Waals surface area contributed by atoms with Gasteiger partial charge in [0.05, 0.1) is 0 Å². The van der Waals surface area contributed by atoms with Crippen molar-refractivity contribution in [1.82, 2.24) is 10.2 Å². The van der Waals surface area contributed by atoms with Crippen molar-refractivity contribution in [3.63, 3.8) is 0 Å². The lowest BCUT2D eigenvalue weighted by molar-refractivity contribution is -0.132. The summed E-state index contributed by atoms with van der Waals surface area (Å²) >= 11 is 3.42. The van der Waals surface area contributed by atoms with Crippen LogP contribution in [-0.4, -0.2) is 36.0 Å². The maximum atomic E-state index is 12.2. The van der Waals surface area contributed by atoms with Gasteiger partial charge in [0, 0.05) is 36.1 Å². The quantitative estimate of drug-likeness (QED) is 0.926. The summed E-state index contributed by atoms with van der Waals surface area (Å²) in [6.07, 6.45) is 1.42. The summed E-state index contributed by atoms with van der Waals surface area (Å²) in [7, 11) is 0. The van der Waals surface area contributed by atoms with Gasteiger partial charge in [0.1, 0.15) is 0 Å². The van der Waals surface area contributed by atoms with E-state index < -0.39 is 0 Å². The van der Waals surface area contributed by atoms with E-state index in [1.165, 1.54) is 5.56 Å². The molecule has 4 heteroatoms. The normalized spacial score (nSPS) is 23.4. The van der Waals surface area contributed by atoms with E-state index in [0.29, 0.717) is 18.5 Å². The van der Waals surface area contributed by atoms with Gasteiger partial charge in [-0.05, 0) is 38.0 Å². The molecule has 0 bridgehead atoms. The van der Waals surface area contributed by atoms with Gasteiger partial charge >= 0.3 is 0 Å². The van der Waals surface area contributed by atoms with Crippen molar-refractivity contribution in [3.05, 3.63) is 34.3 Å². The molecule has 19 heavy (non-hydrogen) atoms. The number of hydrogen-bond donors (Lipinski definition) is 1. The second-order valence-corrected chi connectivity index (χ2v) is 6.31. The molecule has 0 unspecified atom stereocenters.